The van der Waals surface area contributed by atoms with Gasteiger partial charge in [0.25, 0.3) is 0 Å². The molecule has 7 heteroatoms. The van der Waals surface area contributed by atoms with Gasteiger partial charge < -0.3 is 24.6 Å². The van der Waals surface area contributed by atoms with Crippen molar-refractivity contribution in [2.75, 3.05) is 39.3 Å². The van der Waals surface area contributed by atoms with Gasteiger partial charge in [-0.3, -0.25) is 4.79 Å². The first-order valence-electron chi connectivity index (χ1n) is 9.84. The average Bonchev–Trinajstić information content (AvgIpc) is 2.54. The number of nitrogens with one attached hydrogen (secondary N) is 1. The van der Waals surface area contributed by atoms with Crippen LogP contribution in [0.2, 0.25) is 0 Å². The van der Waals surface area contributed by atoms with Crippen LogP contribution < -0.4 is 5.32 Å². The van der Waals surface area contributed by atoms with Crippen LogP contribution >= 0.6 is 0 Å². The van der Waals surface area contributed by atoms with E-state index in [9.17, 15) is 9.59 Å². The second kappa shape index (κ2) is 9.55. The molecule has 0 aromatic rings. The first kappa shape index (κ1) is 21.0. The highest BCUT2D eigenvalue weighted by molar-refractivity contribution is 5.76. The van der Waals surface area contributed by atoms with E-state index in [0.29, 0.717) is 26.1 Å². The fourth-order valence-corrected chi connectivity index (χ4v) is 3.43. The quantitative estimate of drug-likeness (QED) is 0.803. The Morgan fingerprint density at radius 3 is 2.50 bits per heavy atom. The van der Waals surface area contributed by atoms with Crippen LogP contribution in [0, 0.1) is 0 Å². The Labute approximate surface area is 157 Å². The maximum absolute atomic E-state index is 12.3. The molecule has 0 saturated carbocycles. The van der Waals surface area contributed by atoms with Crippen LogP contribution in [0.5, 0.6) is 0 Å². The molecule has 1 atom stereocenters. The van der Waals surface area contributed by atoms with E-state index in [1.165, 1.54) is 0 Å². The molecular weight excluding hydrogens is 334 g/mol. The van der Waals surface area contributed by atoms with Gasteiger partial charge in [-0.1, -0.05) is 0 Å². The highest BCUT2D eigenvalue weighted by Crippen LogP contribution is 2.14. The smallest absolute Gasteiger partial charge is 0.407 e. The van der Waals surface area contributed by atoms with E-state index in [0.717, 1.165) is 38.9 Å². The molecule has 0 aromatic heterocycles. The summed E-state index contributed by atoms with van der Waals surface area (Å²) < 4.78 is 10.8. The molecule has 2 aliphatic rings. The van der Waals surface area contributed by atoms with Crippen LogP contribution in [0.4, 0.5) is 4.79 Å². The van der Waals surface area contributed by atoms with Crippen molar-refractivity contribution < 1.29 is 19.1 Å². The van der Waals surface area contributed by atoms with Gasteiger partial charge in [0.05, 0.1) is 12.7 Å². The van der Waals surface area contributed by atoms with Gasteiger partial charge in [0.1, 0.15) is 5.60 Å². The maximum atomic E-state index is 12.3. The number of carbonyl (C=O) groups excluding carboxylic acids is 2. The third-order valence-electron chi connectivity index (χ3n) is 4.77. The van der Waals surface area contributed by atoms with Crippen LogP contribution in [0.15, 0.2) is 0 Å². The van der Waals surface area contributed by atoms with Gasteiger partial charge in [-0.05, 0) is 53.5 Å². The number of piperidine rings is 1. The largest absolute Gasteiger partial charge is 0.444 e. The Kier molecular flexibility index (Phi) is 7.70. The molecule has 2 rings (SSSR count). The van der Waals surface area contributed by atoms with Crippen molar-refractivity contribution in [2.24, 2.45) is 0 Å². The average molecular weight is 370 g/mol. The summed E-state index contributed by atoms with van der Waals surface area (Å²) in [5.41, 5.74) is -0.463. The normalized spacial score (nSPS) is 22.9. The lowest BCUT2D eigenvalue weighted by atomic mass is 10.0. The Bertz CT molecular complexity index is 470. The first-order valence-corrected chi connectivity index (χ1v) is 9.84. The monoisotopic (exact) mass is 369 g/mol. The highest BCUT2D eigenvalue weighted by Gasteiger charge is 2.24. The Balaban J connectivity index is 1.59. The highest BCUT2D eigenvalue weighted by atomic mass is 16.6. The molecule has 2 saturated heterocycles. The summed E-state index contributed by atoms with van der Waals surface area (Å²) in [4.78, 5) is 28.4. The fraction of sp³-hybridized carbons (Fsp3) is 0.895. The molecule has 0 radical (unpaired) electrons. The molecule has 26 heavy (non-hydrogen) atoms. The van der Waals surface area contributed by atoms with Gasteiger partial charge in [-0.25, -0.2) is 4.79 Å². The summed E-state index contributed by atoms with van der Waals surface area (Å²) in [6, 6.07) is 0.178. The van der Waals surface area contributed by atoms with Gasteiger partial charge in [0.15, 0.2) is 0 Å². The molecule has 1 N–H and O–H groups in total. The molecule has 0 aromatic carbocycles. The van der Waals surface area contributed by atoms with Crippen molar-refractivity contribution >= 4 is 12.0 Å². The number of ether oxygens (including phenoxy) is 2. The van der Waals surface area contributed by atoms with Gasteiger partial charge >= 0.3 is 6.09 Å². The predicted molar refractivity (Wildman–Crippen MR) is 100 cm³/mol. The molecular formula is C19H35N3O4. The molecule has 0 bridgehead atoms. The SMILES string of the molecule is C[C@H]1CN(C(=O)CCCN2CCC(NC(=O)OC(C)(C)C)CC2)CCO1. The maximum Gasteiger partial charge on any atom is 0.407 e. The van der Waals surface area contributed by atoms with Crippen molar-refractivity contribution in [3.8, 4) is 0 Å². The number of amides is 2. The van der Waals surface area contributed by atoms with E-state index < -0.39 is 5.60 Å². The van der Waals surface area contributed by atoms with Gasteiger partial charge in [0, 0.05) is 38.6 Å². The second-order valence-corrected chi connectivity index (χ2v) is 8.39. The predicted octanol–water partition coefficient (Wildman–Crippen LogP) is 2.00. The molecule has 2 heterocycles. The van der Waals surface area contributed by atoms with Crippen molar-refractivity contribution in [3.05, 3.63) is 0 Å². The second-order valence-electron chi connectivity index (χ2n) is 8.39. The van der Waals surface area contributed by atoms with E-state index in [4.69, 9.17) is 9.47 Å². The van der Waals surface area contributed by atoms with E-state index >= 15 is 0 Å². The van der Waals surface area contributed by atoms with Crippen LogP contribution in [0.1, 0.15) is 53.4 Å². The van der Waals surface area contributed by atoms with E-state index in [1.807, 2.05) is 32.6 Å². The summed E-state index contributed by atoms with van der Waals surface area (Å²) in [5, 5.41) is 2.96. The van der Waals surface area contributed by atoms with Crippen LogP contribution in [0.3, 0.4) is 0 Å². The van der Waals surface area contributed by atoms with Gasteiger partial charge in [-0.15, -0.1) is 0 Å². The van der Waals surface area contributed by atoms with E-state index in [1.54, 1.807) is 0 Å². The fourth-order valence-electron chi connectivity index (χ4n) is 3.43. The van der Waals surface area contributed by atoms with Crippen molar-refractivity contribution in [2.45, 2.75) is 71.1 Å². The van der Waals surface area contributed by atoms with Crippen molar-refractivity contribution in [1.29, 1.82) is 0 Å². The zero-order valence-corrected chi connectivity index (χ0v) is 16.8. The minimum absolute atomic E-state index is 0.143. The van der Waals surface area contributed by atoms with Gasteiger partial charge in [-0.2, -0.15) is 0 Å². The Hall–Kier alpha value is -1.34. The zero-order valence-electron chi connectivity index (χ0n) is 16.8. The molecule has 2 amide bonds. The summed E-state index contributed by atoms with van der Waals surface area (Å²) in [6.45, 7) is 12.5. The van der Waals surface area contributed by atoms with Crippen LogP contribution in [0.25, 0.3) is 0 Å². The standard InChI is InChI=1S/C19H35N3O4/c1-15-14-22(12-13-25-15)17(23)6-5-9-21-10-7-16(8-11-21)20-18(24)26-19(2,3)4/h15-16H,5-14H2,1-4H3,(H,20,24)/t15-/m0/s1. The Morgan fingerprint density at radius 2 is 1.88 bits per heavy atom. The number of alkyl carbamates (subject to hydrolysis) is 1. The number of likely N-dealkylation sites (tertiary alicyclic amines) is 1. The lowest BCUT2D eigenvalue weighted by molar-refractivity contribution is -0.138. The molecule has 0 spiro atoms. The van der Waals surface area contributed by atoms with E-state index in [-0.39, 0.29) is 24.1 Å². The van der Waals surface area contributed by atoms with Crippen molar-refractivity contribution in [3.63, 3.8) is 0 Å². The van der Waals surface area contributed by atoms with Crippen molar-refractivity contribution in [1.82, 2.24) is 15.1 Å². The summed E-state index contributed by atoms with van der Waals surface area (Å²) in [5.74, 6) is 0.238. The number of hydrogen-bond acceptors (Lipinski definition) is 5. The number of hydrogen-bond donors (Lipinski definition) is 1. The van der Waals surface area contributed by atoms with Gasteiger partial charge in [0.2, 0.25) is 5.91 Å². The molecule has 7 nitrogen and oxygen atoms in total. The third kappa shape index (κ3) is 7.50. The number of carbonyl (C=O) groups is 2. The number of nitrogens with zero attached hydrogens (tertiary/aromatic N) is 2. The number of morpholine rings is 1. The summed E-state index contributed by atoms with van der Waals surface area (Å²) >= 11 is 0. The Morgan fingerprint density at radius 1 is 1.19 bits per heavy atom. The minimum Gasteiger partial charge on any atom is -0.444 e. The molecule has 0 unspecified atom stereocenters. The summed E-state index contributed by atoms with van der Waals surface area (Å²) in [7, 11) is 0. The molecule has 150 valence electrons. The number of rotatable bonds is 5. The zero-order chi connectivity index (χ0) is 19.2. The van der Waals surface area contributed by atoms with Crippen LogP contribution in [-0.4, -0.2) is 78.9 Å². The van der Waals surface area contributed by atoms with E-state index in [2.05, 4.69) is 10.2 Å². The van der Waals surface area contributed by atoms with Crippen LogP contribution in [-0.2, 0) is 14.3 Å². The lowest BCUT2D eigenvalue weighted by Gasteiger charge is -2.33. The topological polar surface area (TPSA) is 71.1 Å². The molecule has 2 fully saturated rings. The third-order valence-corrected chi connectivity index (χ3v) is 4.77. The summed E-state index contributed by atoms with van der Waals surface area (Å²) in [6.07, 6.45) is 3.14. The molecule has 2 aliphatic heterocycles. The minimum atomic E-state index is -0.463. The first-order chi connectivity index (χ1) is 12.2. The molecule has 0 aliphatic carbocycles. The lowest BCUT2D eigenvalue weighted by Crippen LogP contribution is -2.46.